The number of benzene rings is 2. The molecule has 0 fully saturated rings. The second-order valence-corrected chi connectivity index (χ2v) is 14.1. The van der Waals surface area contributed by atoms with Gasteiger partial charge in [-0.05, 0) is 71.1 Å². The fourth-order valence-electron chi connectivity index (χ4n) is 4.92. The molecule has 0 aromatic heterocycles. The summed E-state index contributed by atoms with van der Waals surface area (Å²) in [4.78, 5) is 65.0. The van der Waals surface area contributed by atoms with Gasteiger partial charge in [0, 0.05) is 19.3 Å². The average molecular weight is 723 g/mol. The number of amides is 2. The Kier molecular flexibility index (Phi) is 15.3. The molecular weight excluding hydrogens is 672 g/mol. The molecule has 2 aromatic carbocycles. The fraction of sp³-hybridized carbons (Fsp3) is 0.462. The monoisotopic (exact) mass is 722 g/mol. The minimum absolute atomic E-state index is 0.0582. The first-order valence-electron chi connectivity index (χ1n) is 17.1. The van der Waals surface area contributed by atoms with Gasteiger partial charge in [-0.3, -0.25) is 0 Å². The van der Waals surface area contributed by atoms with Gasteiger partial charge < -0.3 is 39.1 Å². The summed E-state index contributed by atoms with van der Waals surface area (Å²) >= 11 is 0. The Morgan fingerprint density at radius 2 is 1.27 bits per heavy atom. The maximum absolute atomic E-state index is 13.7. The van der Waals surface area contributed by atoms with E-state index in [1.54, 1.807) is 71.9 Å². The van der Waals surface area contributed by atoms with Crippen LogP contribution in [-0.4, -0.2) is 73.4 Å². The minimum atomic E-state index is -1.30. The van der Waals surface area contributed by atoms with E-state index in [1.807, 2.05) is 36.4 Å². The Bertz CT molecular complexity index is 1570. The van der Waals surface area contributed by atoms with Crippen LogP contribution >= 0.6 is 0 Å². The van der Waals surface area contributed by atoms with Gasteiger partial charge in [-0.15, -0.1) is 0 Å². The van der Waals surface area contributed by atoms with E-state index in [-0.39, 0.29) is 37.9 Å². The molecule has 2 N–H and O–H groups in total. The van der Waals surface area contributed by atoms with Crippen molar-refractivity contribution in [1.82, 2.24) is 10.6 Å². The highest BCUT2D eigenvalue weighted by molar-refractivity contribution is 5.88. The Hall–Kier alpha value is -5.33. The Morgan fingerprint density at radius 3 is 1.75 bits per heavy atom. The second kappa shape index (κ2) is 19.3. The standard InChI is InChI=1S/C39H50N2O11/c1-38(2,3)51-36(45)40-30(21-26-15-10-8-11-16-26)34(43)49-24-28-19-14-20-29(33(42)47-7)25-48-32(23-28)50-35(44)31(22-27-17-12-9-13-18-27)41-37(46)52-39(4,5)6/h8-13,15-19,25,30-32H,14,20-24H2,1-7H3,(H,40,45)(H,41,46)/b28-19+,29-25+/t30-,31-,32-/m0/s1. The third kappa shape index (κ3) is 15.3. The van der Waals surface area contributed by atoms with Gasteiger partial charge in [0.2, 0.25) is 6.29 Å². The predicted octanol–water partition coefficient (Wildman–Crippen LogP) is 5.85. The first kappa shape index (κ1) is 41.1. The summed E-state index contributed by atoms with van der Waals surface area (Å²) in [6.07, 6.45) is 0.783. The topological polar surface area (TPSA) is 165 Å². The van der Waals surface area contributed by atoms with Crippen molar-refractivity contribution in [3.8, 4) is 0 Å². The van der Waals surface area contributed by atoms with Crippen molar-refractivity contribution in [2.75, 3.05) is 13.7 Å². The van der Waals surface area contributed by atoms with Gasteiger partial charge in [0.15, 0.2) is 0 Å². The number of ether oxygens (including phenoxy) is 6. The summed E-state index contributed by atoms with van der Waals surface area (Å²) in [5.41, 5.74) is 0.632. The lowest BCUT2D eigenvalue weighted by Crippen LogP contribution is -2.46. The van der Waals surface area contributed by atoms with Crippen molar-refractivity contribution in [3.05, 3.63) is 95.3 Å². The first-order valence-corrected chi connectivity index (χ1v) is 17.1. The largest absolute Gasteiger partial charge is 0.466 e. The number of esters is 3. The number of rotatable bonds is 12. The summed E-state index contributed by atoms with van der Waals surface area (Å²) in [5.74, 6) is -2.17. The van der Waals surface area contributed by atoms with Crippen LogP contribution in [0.1, 0.15) is 71.9 Å². The number of hydrogen-bond donors (Lipinski definition) is 2. The van der Waals surface area contributed by atoms with E-state index in [1.165, 1.54) is 13.4 Å². The van der Waals surface area contributed by atoms with Crippen molar-refractivity contribution in [2.24, 2.45) is 0 Å². The molecular formula is C39H50N2O11. The molecule has 2 amide bonds. The smallest absolute Gasteiger partial charge is 0.408 e. The summed E-state index contributed by atoms with van der Waals surface area (Å²) in [6, 6.07) is 15.9. The normalized spacial score (nSPS) is 18.0. The van der Waals surface area contributed by atoms with Crippen LogP contribution in [0.15, 0.2) is 84.1 Å². The van der Waals surface area contributed by atoms with E-state index >= 15 is 0 Å². The molecule has 1 aliphatic rings. The zero-order valence-electron chi connectivity index (χ0n) is 30.9. The highest BCUT2D eigenvalue weighted by Crippen LogP contribution is 2.21. The fourth-order valence-corrected chi connectivity index (χ4v) is 4.92. The molecule has 0 spiro atoms. The highest BCUT2D eigenvalue weighted by atomic mass is 16.7. The van der Waals surface area contributed by atoms with E-state index in [0.29, 0.717) is 12.0 Å². The van der Waals surface area contributed by atoms with Crippen LogP contribution < -0.4 is 10.6 Å². The Balaban J connectivity index is 1.82. The molecule has 0 saturated carbocycles. The van der Waals surface area contributed by atoms with Crippen LogP contribution in [0.5, 0.6) is 0 Å². The van der Waals surface area contributed by atoms with Crippen LogP contribution in [0.3, 0.4) is 0 Å². The average Bonchev–Trinajstić information content (AvgIpc) is 3.16. The van der Waals surface area contributed by atoms with Crippen molar-refractivity contribution in [3.63, 3.8) is 0 Å². The van der Waals surface area contributed by atoms with Gasteiger partial charge in [-0.25, -0.2) is 24.0 Å². The lowest BCUT2D eigenvalue weighted by atomic mass is 10.1. The molecule has 13 nitrogen and oxygen atoms in total. The Morgan fingerprint density at radius 1 is 0.769 bits per heavy atom. The van der Waals surface area contributed by atoms with E-state index < -0.39 is 59.7 Å². The molecule has 282 valence electrons. The van der Waals surface area contributed by atoms with Crippen molar-refractivity contribution in [1.29, 1.82) is 0 Å². The summed E-state index contributed by atoms with van der Waals surface area (Å²) in [6.45, 7) is 10.00. The molecule has 3 rings (SSSR count). The zero-order chi connectivity index (χ0) is 38.3. The van der Waals surface area contributed by atoms with Crippen LogP contribution in [0.25, 0.3) is 0 Å². The molecule has 1 heterocycles. The minimum Gasteiger partial charge on any atom is -0.466 e. The third-order valence-electron chi connectivity index (χ3n) is 7.25. The molecule has 0 radical (unpaired) electrons. The van der Waals surface area contributed by atoms with Gasteiger partial charge in [-0.1, -0.05) is 66.7 Å². The van der Waals surface area contributed by atoms with E-state index in [0.717, 1.165) is 11.1 Å². The molecule has 0 saturated heterocycles. The lowest BCUT2D eigenvalue weighted by Gasteiger charge is -2.25. The molecule has 0 aliphatic carbocycles. The molecule has 0 bridgehead atoms. The number of hydrogen-bond acceptors (Lipinski definition) is 11. The number of methoxy groups -OCH3 is 1. The quantitative estimate of drug-likeness (QED) is 0.153. The molecule has 1 aliphatic heterocycles. The zero-order valence-corrected chi connectivity index (χ0v) is 30.9. The molecule has 2 aromatic rings. The SMILES string of the molecule is COC(=O)/C1=C/O[C@@H](OC(=O)[C@H](Cc2ccccc2)NC(=O)OC(C)(C)C)C/C(COC(=O)[C@H](Cc2ccccc2)NC(=O)OC(C)(C)C)=C\CC1. The van der Waals surface area contributed by atoms with Gasteiger partial charge in [-0.2, -0.15) is 0 Å². The van der Waals surface area contributed by atoms with Gasteiger partial charge in [0.05, 0.1) is 18.9 Å². The Labute approximate surface area is 305 Å². The number of alkyl carbamates (subject to hydrolysis) is 2. The van der Waals surface area contributed by atoms with Gasteiger partial charge in [0.25, 0.3) is 0 Å². The van der Waals surface area contributed by atoms with Crippen molar-refractivity contribution in [2.45, 2.75) is 103 Å². The summed E-state index contributed by atoms with van der Waals surface area (Å²) in [5, 5.41) is 5.20. The van der Waals surface area contributed by atoms with Crippen molar-refractivity contribution < 1.29 is 52.4 Å². The molecule has 13 heteroatoms. The lowest BCUT2D eigenvalue weighted by molar-refractivity contribution is -0.172. The number of allylic oxidation sites excluding steroid dienone is 1. The predicted molar refractivity (Wildman–Crippen MR) is 191 cm³/mol. The molecule has 52 heavy (non-hydrogen) atoms. The van der Waals surface area contributed by atoms with Crippen molar-refractivity contribution >= 4 is 30.1 Å². The maximum Gasteiger partial charge on any atom is 0.408 e. The van der Waals surface area contributed by atoms with Gasteiger partial charge >= 0.3 is 30.1 Å². The second-order valence-electron chi connectivity index (χ2n) is 14.1. The molecule has 3 atom stereocenters. The van der Waals surface area contributed by atoms with Crippen LogP contribution in [0, 0.1) is 0 Å². The number of nitrogens with one attached hydrogen (secondary N) is 2. The number of carbonyl (C=O) groups is 5. The maximum atomic E-state index is 13.7. The number of carbonyl (C=O) groups excluding carboxylic acids is 5. The third-order valence-corrected chi connectivity index (χ3v) is 7.25. The van der Waals surface area contributed by atoms with E-state index in [4.69, 9.17) is 28.4 Å². The van der Waals surface area contributed by atoms with E-state index in [9.17, 15) is 24.0 Å². The van der Waals surface area contributed by atoms with Crippen LogP contribution in [-0.2, 0) is 55.6 Å². The van der Waals surface area contributed by atoms with E-state index in [2.05, 4.69) is 10.6 Å². The first-order chi connectivity index (χ1) is 24.5. The van der Waals surface area contributed by atoms with Crippen LogP contribution in [0.4, 0.5) is 9.59 Å². The summed E-state index contributed by atoms with van der Waals surface area (Å²) < 4.78 is 33.0. The summed E-state index contributed by atoms with van der Waals surface area (Å²) in [7, 11) is 1.24. The highest BCUT2D eigenvalue weighted by Gasteiger charge is 2.31. The molecule has 0 unspecified atom stereocenters. The van der Waals surface area contributed by atoms with Crippen LogP contribution in [0.2, 0.25) is 0 Å². The van der Waals surface area contributed by atoms with Gasteiger partial charge in [0.1, 0.15) is 29.9 Å².